The number of thiol groups is 1. The first-order chi connectivity index (χ1) is 6.61. The van der Waals surface area contributed by atoms with Crippen molar-refractivity contribution < 1.29 is 10.0 Å². The second-order valence-electron chi connectivity index (χ2n) is 2.82. The molecule has 1 aromatic carbocycles. The molecule has 2 aromatic rings. The number of thiophene rings is 1. The molecule has 0 amide bonds. The van der Waals surface area contributed by atoms with Crippen LogP contribution in [-0.2, 0) is 0 Å². The Bertz CT molecular complexity index is 483. The summed E-state index contributed by atoms with van der Waals surface area (Å²) in [7, 11) is -1.47. The maximum atomic E-state index is 9.12. The van der Waals surface area contributed by atoms with Gasteiger partial charge in [-0.3, -0.25) is 0 Å². The lowest BCUT2D eigenvalue weighted by atomic mass is 9.80. The molecule has 14 heavy (non-hydrogen) atoms. The van der Waals surface area contributed by atoms with Crippen LogP contribution in [0, 0.1) is 0 Å². The predicted molar refractivity (Wildman–Crippen MR) is 63.9 cm³/mol. The van der Waals surface area contributed by atoms with Crippen LogP contribution in [0.3, 0.4) is 0 Å². The Labute approximate surface area is 95.7 Å². The van der Waals surface area contributed by atoms with Crippen LogP contribution in [0.5, 0.6) is 0 Å². The molecule has 72 valence electrons. The Hall–Kier alpha value is -0.195. The molecule has 2 nitrogen and oxygen atoms in total. The third-order valence-corrected chi connectivity index (χ3v) is 4.14. The van der Waals surface area contributed by atoms with E-state index in [9.17, 15) is 0 Å². The summed E-state index contributed by atoms with van der Waals surface area (Å²) in [6, 6.07) is 5.23. The van der Waals surface area contributed by atoms with Crippen molar-refractivity contribution in [1.29, 1.82) is 0 Å². The highest BCUT2D eigenvalue weighted by molar-refractivity contribution is 7.83. The zero-order valence-electron chi connectivity index (χ0n) is 6.94. The Morgan fingerprint density at radius 2 is 2.07 bits per heavy atom. The second kappa shape index (κ2) is 3.75. The first kappa shape index (κ1) is 10.3. The minimum absolute atomic E-state index is 0.467. The molecule has 1 heterocycles. The molecule has 0 fully saturated rings. The quantitative estimate of drug-likeness (QED) is 0.526. The third kappa shape index (κ3) is 1.55. The van der Waals surface area contributed by atoms with Crippen LogP contribution in [0.2, 0.25) is 5.02 Å². The zero-order chi connectivity index (χ0) is 10.3. The lowest BCUT2D eigenvalue weighted by Gasteiger charge is -1.99. The maximum absolute atomic E-state index is 9.12. The number of rotatable bonds is 1. The highest BCUT2D eigenvalue weighted by Gasteiger charge is 2.18. The van der Waals surface area contributed by atoms with Crippen molar-refractivity contribution in [2.45, 2.75) is 4.21 Å². The lowest BCUT2D eigenvalue weighted by molar-refractivity contribution is 0.426. The van der Waals surface area contributed by atoms with Gasteiger partial charge < -0.3 is 10.0 Å². The van der Waals surface area contributed by atoms with Crippen LogP contribution < -0.4 is 5.46 Å². The van der Waals surface area contributed by atoms with Gasteiger partial charge in [-0.2, -0.15) is 0 Å². The molecule has 0 aliphatic heterocycles. The molecule has 0 bridgehead atoms. The van der Waals surface area contributed by atoms with Crippen molar-refractivity contribution in [3.05, 3.63) is 23.2 Å². The molecule has 0 aliphatic carbocycles. The third-order valence-electron chi connectivity index (χ3n) is 1.95. The van der Waals surface area contributed by atoms with Crippen LogP contribution in [0.4, 0.5) is 0 Å². The van der Waals surface area contributed by atoms with Crippen LogP contribution in [0.25, 0.3) is 10.1 Å². The van der Waals surface area contributed by atoms with Gasteiger partial charge in [0, 0.05) is 10.1 Å². The van der Waals surface area contributed by atoms with E-state index < -0.39 is 7.12 Å². The van der Waals surface area contributed by atoms with Crippen molar-refractivity contribution in [2.75, 3.05) is 0 Å². The number of halogens is 1. The second-order valence-corrected chi connectivity index (χ2v) is 4.97. The normalized spacial score (nSPS) is 10.9. The standard InChI is InChI=1S/C8H6BClO2S2/c10-6-4-2-1-3-5(9(11)12)7(4)14-8(6)13/h1-3,11-13H. The fraction of sp³-hybridized carbons (Fsp3) is 0. The molecule has 0 spiro atoms. The minimum Gasteiger partial charge on any atom is -0.423 e. The number of hydrogen-bond donors (Lipinski definition) is 3. The number of hydrogen-bond acceptors (Lipinski definition) is 4. The predicted octanol–water partition coefficient (Wildman–Crippen LogP) is 1.52. The van der Waals surface area contributed by atoms with Gasteiger partial charge in [0.25, 0.3) is 0 Å². The highest BCUT2D eigenvalue weighted by Crippen LogP contribution is 2.36. The molecule has 0 saturated carbocycles. The van der Waals surface area contributed by atoms with Gasteiger partial charge in [-0.1, -0.05) is 29.8 Å². The molecule has 2 rings (SSSR count). The Kier molecular flexibility index (Phi) is 2.77. The molecule has 6 heteroatoms. The van der Waals surface area contributed by atoms with Crippen LogP contribution in [0.15, 0.2) is 22.4 Å². The van der Waals surface area contributed by atoms with Crippen LogP contribution in [0.1, 0.15) is 0 Å². The van der Waals surface area contributed by atoms with Gasteiger partial charge in [0.1, 0.15) is 0 Å². The van der Waals surface area contributed by atoms with Gasteiger partial charge in [0.2, 0.25) is 0 Å². The monoisotopic (exact) mass is 244 g/mol. The average molecular weight is 245 g/mol. The molecular formula is C8H6BClO2S2. The van der Waals surface area contributed by atoms with Crippen molar-refractivity contribution >= 4 is 58.2 Å². The molecule has 0 radical (unpaired) electrons. The van der Waals surface area contributed by atoms with E-state index in [-0.39, 0.29) is 0 Å². The van der Waals surface area contributed by atoms with E-state index in [0.717, 1.165) is 10.1 Å². The Morgan fingerprint density at radius 1 is 1.36 bits per heavy atom. The summed E-state index contributed by atoms with van der Waals surface area (Å²) in [5.41, 5.74) is 0.467. The van der Waals surface area contributed by atoms with Gasteiger partial charge in [-0.15, -0.1) is 24.0 Å². The Morgan fingerprint density at radius 3 is 2.71 bits per heavy atom. The highest BCUT2D eigenvalue weighted by atomic mass is 35.5. The average Bonchev–Trinajstić information content (AvgIpc) is 2.43. The van der Waals surface area contributed by atoms with Crippen molar-refractivity contribution in [2.24, 2.45) is 0 Å². The summed E-state index contributed by atoms with van der Waals surface area (Å²) >= 11 is 11.5. The van der Waals surface area contributed by atoms with Crippen molar-refractivity contribution in [3.8, 4) is 0 Å². The molecular weight excluding hydrogens is 238 g/mol. The SMILES string of the molecule is OB(O)c1cccc2c(Cl)c(S)sc12. The first-order valence-electron chi connectivity index (χ1n) is 3.87. The van der Waals surface area contributed by atoms with E-state index in [0.29, 0.717) is 14.7 Å². The van der Waals surface area contributed by atoms with Gasteiger partial charge in [-0.25, -0.2) is 0 Å². The van der Waals surface area contributed by atoms with Gasteiger partial charge >= 0.3 is 7.12 Å². The first-order valence-corrected chi connectivity index (χ1v) is 5.51. The topological polar surface area (TPSA) is 40.5 Å². The van der Waals surface area contributed by atoms with Crippen LogP contribution in [-0.4, -0.2) is 17.2 Å². The van der Waals surface area contributed by atoms with E-state index >= 15 is 0 Å². The molecule has 2 N–H and O–H groups in total. The largest absolute Gasteiger partial charge is 0.489 e. The summed E-state index contributed by atoms with van der Waals surface area (Å²) in [5, 5.41) is 19.6. The van der Waals surface area contributed by atoms with E-state index in [1.807, 2.05) is 6.07 Å². The molecule has 0 atom stereocenters. The molecule has 0 aliphatic rings. The van der Waals surface area contributed by atoms with Crippen molar-refractivity contribution in [1.82, 2.24) is 0 Å². The zero-order valence-corrected chi connectivity index (χ0v) is 9.40. The van der Waals surface area contributed by atoms with Gasteiger partial charge in [0.15, 0.2) is 0 Å². The summed E-state index contributed by atoms with van der Waals surface area (Å²) in [5.74, 6) is 0. The smallest absolute Gasteiger partial charge is 0.423 e. The minimum atomic E-state index is -1.47. The van der Waals surface area contributed by atoms with E-state index in [1.165, 1.54) is 11.3 Å². The summed E-state index contributed by atoms with van der Waals surface area (Å²) in [6.45, 7) is 0. The number of benzene rings is 1. The van der Waals surface area contributed by atoms with E-state index in [1.54, 1.807) is 12.1 Å². The molecule has 0 unspecified atom stereocenters. The summed E-state index contributed by atoms with van der Waals surface area (Å²) in [4.78, 5) is 0. The molecule has 0 saturated heterocycles. The fourth-order valence-corrected chi connectivity index (χ4v) is 2.99. The van der Waals surface area contributed by atoms with Crippen LogP contribution >= 0.6 is 35.6 Å². The van der Waals surface area contributed by atoms with E-state index in [4.69, 9.17) is 21.6 Å². The fourth-order valence-electron chi connectivity index (χ4n) is 1.30. The van der Waals surface area contributed by atoms with Gasteiger partial charge in [-0.05, 0) is 5.46 Å². The summed E-state index contributed by atoms with van der Waals surface area (Å²) < 4.78 is 1.47. The van der Waals surface area contributed by atoms with E-state index in [2.05, 4.69) is 12.6 Å². The lowest BCUT2D eigenvalue weighted by Crippen LogP contribution is -2.29. The Balaban J connectivity index is 2.81. The van der Waals surface area contributed by atoms with Crippen molar-refractivity contribution in [3.63, 3.8) is 0 Å². The summed E-state index contributed by atoms with van der Waals surface area (Å²) in [6.07, 6.45) is 0. The maximum Gasteiger partial charge on any atom is 0.489 e. The molecule has 1 aromatic heterocycles. The number of fused-ring (bicyclic) bond motifs is 1. The van der Waals surface area contributed by atoms with Gasteiger partial charge in [0.05, 0.1) is 9.23 Å².